The van der Waals surface area contributed by atoms with E-state index in [4.69, 9.17) is 0 Å². The van der Waals surface area contributed by atoms with Crippen LogP contribution in [0.2, 0.25) is 0 Å². The van der Waals surface area contributed by atoms with Crippen molar-refractivity contribution in [2.24, 2.45) is 5.41 Å². The second-order valence-corrected chi connectivity index (χ2v) is 6.58. The first-order valence-corrected chi connectivity index (χ1v) is 7.90. The summed E-state index contributed by atoms with van der Waals surface area (Å²) in [6, 6.07) is 4.16. The van der Waals surface area contributed by atoms with E-state index in [-0.39, 0.29) is 17.9 Å². The van der Waals surface area contributed by atoms with E-state index in [2.05, 4.69) is 26.0 Å². The van der Waals surface area contributed by atoms with Gasteiger partial charge in [0.2, 0.25) is 0 Å². The number of nitrogens with zero attached hydrogens (tertiary/aromatic N) is 1. The lowest BCUT2D eigenvalue weighted by atomic mass is 9.77. The molecular weight excluding hydrogens is 262 g/mol. The SMILES string of the molecule is CCC1(CO)CCN(C(=O)c2c(C)cc(C)cc2C)CC1. The first kappa shape index (κ1) is 16.0. The molecule has 1 saturated heterocycles. The normalized spacial score (nSPS) is 17.9. The van der Waals surface area contributed by atoms with Gasteiger partial charge in [0.25, 0.3) is 5.91 Å². The maximum absolute atomic E-state index is 12.8. The topological polar surface area (TPSA) is 40.5 Å². The van der Waals surface area contributed by atoms with Gasteiger partial charge < -0.3 is 10.0 Å². The van der Waals surface area contributed by atoms with Gasteiger partial charge in [-0.15, -0.1) is 0 Å². The third-order valence-corrected chi connectivity index (χ3v) is 5.09. The number of hydrogen-bond donors (Lipinski definition) is 1. The molecule has 2 rings (SSSR count). The molecule has 1 aromatic carbocycles. The fraction of sp³-hybridized carbons (Fsp3) is 0.611. The van der Waals surface area contributed by atoms with Crippen LogP contribution in [0.3, 0.4) is 0 Å². The molecule has 1 aliphatic rings. The maximum atomic E-state index is 12.8. The number of carbonyl (C=O) groups is 1. The van der Waals surface area contributed by atoms with Crippen LogP contribution in [0, 0.1) is 26.2 Å². The van der Waals surface area contributed by atoms with Gasteiger partial charge in [0, 0.05) is 25.3 Å². The molecule has 0 aromatic heterocycles. The van der Waals surface area contributed by atoms with E-state index in [0.717, 1.165) is 49.0 Å². The van der Waals surface area contributed by atoms with Crippen LogP contribution in [-0.2, 0) is 0 Å². The van der Waals surface area contributed by atoms with Crippen molar-refractivity contribution in [3.8, 4) is 0 Å². The molecule has 0 bridgehead atoms. The minimum absolute atomic E-state index is 0.0220. The summed E-state index contributed by atoms with van der Waals surface area (Å²) in [5.41, 5.74) is 4.20. The zero-order valence-electron chi connectivity index (χ0n) is 13.7. The number of carbonyl (C=O) groups excluding carboxylic acids is 1. The minimum atomic E-state index is 0.0220. The maximum Gasteiger partial charge on any atom is 0.254 e. The lowest BCUT2D eigenvalue weighted by Gasteiger charge is -2.40. The van der Waals surface area contributed by atoms with E-state index in [1.165, 1.54) is 5.56 Å². The van der Waals surface area contributed by atoms with Gasteiger partial charge in [-0.05, 0) is 56.6 Å². The van der Waals surface area contributed by atoms with Crippen LogP contribution in [0.25, 0.3) is 0 Å². The average molecular weight is 289 g/mol. The van der Waals surface area contributed by atoms with E-state index in [1.807, 2.05) is 18.7 Å². The third-order valence-electron chi connectivity index (χ3n) is 5.09. The van der Waals surface area contributed by atoms with Crippen molar-refractivity contribution in [3.05, 3.63) is 34.4 Å². The quantitative estimate of drug-likeness (QED) is 0.928. The van der Waals surface area contributed by atoms with Gasteiger partial charge >= 0.3 is 0 Å². The highest BCUT2D eigenvalue weighted by atomic mass is 16.3. The van der Waals surface area contributed by atoms with E-state index in [1.54, 1.807) is 0 Å². The number of aliphatic hydroxyl groups excluding tert-OH is 1. The van der Waals surface area contributed by atoms with Crippen molar-refractivity contribution < 1.29 is 9.90 Å². The van der Waals surface area contributed by atoms with Crippen LogP contribution in [-0.4, -0.2) is 35.6 Å². The van der Waals surface area contributed by atoms with Crippen LogP contribution in [0.15, 0.2) is 12.1 Å². The van der Waals surface area contributed by atoms with Gasteiger partial charge in [0.1, 0.15) is 0 Å². The first-order chi connectivity index (χ1) is 9.92. The Morgan fingerprint density at radius 1 is 1.19 bits per heavy atom. The first-order valence-electron chi connectivity index (χ1n) is 7.90. The molecule has 1 N–H and O–H groups in total. The molecule has 0 aliphatic carbocycles. The summed E-state index contributed by atoms with van der Waals surface area (Å²) in [7, 11) is 0. The predicted octanol–water partition coefficient (Wildman–Crippen LogP) is 3.24. The number of hydrogen-bond acceptors (Lipinski definition) is 2. The molecule has 0 unspecified atom stereocenters. The lowest BCUT2D eigenvalue weighted by molar-refractivity contribution is 0.0337. The van der Waals surface area contributed by atoms with E-state index in [9.17, 15) is 9.90 Å². The summed E-state index contributed by atoms with van der Waals surface area (Å²) in [4.78, 5) is 14.8. The number of rotatable bonds is 3. The van der Waals surface area contributed by atoms with Crippen LogP contribution in [0.5, 0.6) is 0 Å². The number of aryl methyl sites for hydroxylation is 3. The Labute approximate surface area is 128 Å². The van der Waals surface area contributed by atoms with Gasteiger partial charge in [-0.1, -0.05) is 24.6 Å². The molecule has 0 radical (unpaired) electrons. The Morgan fingerprint density at radius 3 is 2.14 bits per heavy atom. The van der Waals surface area contributed by atoms with Gasteiger partial charge in [0.15, 0.2) is 0 Å². The molecule has 1 fully saturated rings. The van der Waals surface area contributed by atoms with Crippen LogP contribution in [0.1, 0.15) is 53.2 Å². The van der Waals surface area contributed by atoms with Crippen molar-refractivity contribution in [2.75, 3.05) is 19.7 Å². The van der Waals surface area contributed by atoms with Gasteiger partial charge in [-0.25, -0.2) is 0 Å². The summed E-state index contributed by atoms with van der Waals surface area (Å²) in [5.74, 6) is 0.146. The van der Waals surface area contributed by atoms with Crippen LogP contribution >= 0.6 is 0 Å². The number of benzene rings is 1. The molecule has 21 heavy (non-hydrogen) atoms. The number of piperidine rings is 1. The van der Waals surface area contributed by atoms with E-state index in [0.29, 0.717) is 0 Å². The van der Waals surface area contributed by atoms with Crippen LogP contribution < -0.4 is 0 Å². The van der Waals surface area contributed by atoms with Crippen molar-refractivity contribution in [1.29, 1.82) is 0 Å². The number of aliphatic hydroxyl groups is 1. The summed E-state index contributed by atoms with van der Waals surface area (Å²) < 4.78 is 0. The number of amides is 1. The molecule has 1 aliphatic heterocycles. The Bertz CT molecular complexity index is 499. The zero-order valence-corrected chi connectivity index (χ0v) is 13.7. The second-order valence-electron chi connectivity index (χ2n) is 6.58. The molecule has 1 aromatic rings. The molecule has 0 atom stereocenters. The highest BCUT2D eigenvalue weighted by molar-refractivity contribution is 5.97. The summed E-state index contributed by atoms with van der Waals surface area (Å²) in [5, 5.41) is 9.60. The van der Waals surface area contributed by atoms with E-state index < -0.39 is 0 Å². The van der Waals surface area contributed by atoms with Crippen molar-refractivity contribution >= 4 is 5.91 Å². The monoisotopic (exact) mass is 289 g/mol. The van der Waals surface area contributed by atoms with Gasteiger partial charge in [-0.3, -0.25) is 4.79 Å². The standard InChI is InChI=1S/C18H27NO2/c1-5-18(12-20)6-8-19(9-7-18)17(21)16-14(3)10-13(2)11-15(16)4/h10-11,20H,5-9,12H2,1-4H3. The molecule has 1 amide bonds. The molecule has 3 nitrogen and oxygen atoms in total. The molecule has 0 saturated carbocycles. The molecular formula is C18H27NO2. The molecule has 0 spiro atoms. The third kappa shape index (κ3) is 3.13. The fourth-order valence-corrected chi connectivity index (χ4v) is 3.48. The highest BCUT2D eigenvalue weighted by Gasteiger charge is 2.34. The van der Waals surface area contributed by atoms with Gasteiger partial charge in [-0.2, -0.15) is 0 Å². The Morgan fingerprint density at radius 2 is 1.71 bits per heavy atom. The average Bonchev–Trinajstić information content (AvgIpc) is 2.46. The smallest absolute Gasteiger partial charge is 0.254 e. The Balaban J connectivity index is 2.16. The fourth-order valence-electron chi connectivity index (χ4n) is 3.48. The summed E-state index contributed by atoms with van der Waals surface area (Å²) in [6.45, 7) is 9.95. The van der Waals surface area contributed by atoms with E-state index >= 15 is 0 Å². The largest absolute Gasteiger partial charge is 0.396 e. The molecule has 1 heterocycles. The Hall–Kier alpha value is -1.35. The highest BCUT2D eigenvalue weighted by Crippen LogP contribution is 2.35. The van der Waals surface area contributed by atoms with Crippen molar-refractivity contribution in [2.45, 2.75) is 47.0 Å². The summed E-state index contributed by atoms with van der Waals surface area (Å²) >= 11 is 0. The van der Waals surface area contributed by atoms with Crippen molar-refractivity contribution in [1.82, 2.24) is 4.90 Å². The zero-order chi connectivity index (χ0) is 15.6. The Kier molecular flexibility index (Phi) is 4.72. The second kappa shape index (κ2) is 6.18. The van der Waals surface area contributed by atoms with Crippen molar-refractivity contribution in [3.63, 3.8) is 0 Å². The molecule has 116 valence electrons. The predicted molar refractivity (Wildman–Crippen MR) is 85.6 cm³/mol. The molecule has 3 heteroatoms. The lowest BCUT2D eigenvalue weighted by Crippen LogP contribution is -2.44. The van der Waals surface area contributed by atoms with Crippen LogP contribution in [0.4, 0.5) is 0 Å². The number of likely N-dealkylation sites (tertiary alicyclic amines) is 1. The van der Waals surface area contributed by atoms with Gasteiger partial charge in [0.05, 0.1) is 0 Å². The minimum Gasteiger partial charge on any atom is -0.396 e. The summed E-state index contributed by atoms with van der Waals surface area (Å²) in [6.07, 6.45) is 2.78.